The minimum atomic E-state index is -0.564. The van der Waals surface area contributed by atoms with E-state index in [1.54, 1.807) is 0 Å². The molecule has 1 aliphatic heterocycles. The van der Waals surface area contributed by atoms with Crippen LogP contribution in [0.3, 0.4) is 0 Å². The first-order chi connectivity index (χ1) is 14.6. The van der Waals surface area contributed by atoms with Gasteiger partial charge in [0, 0.05) is 13.2 Å². The Balaban J connectivity index is 1.74. The first kappa shape index (κ1) is 20.4. The Hall–Kier alpha value is -2.91. The van der Waals surface area contributed by atoms with Gasteiger partial charge in [0.15, 0.2) is 0 Å². The van der Waals surface area contributed by atoms with E-state index in [2.05, 4.69) is 61.6 Å². The molecule has 1 N–H and O–H groups in total. The molecule has 4 rings (SSSR count). The van der Waals surface area contributed by atoms with Gasteiger partial charge in [0.2, 0.25) is 5.91 Å². The van der Waals surface area contributed by atoms with Gasteiger partial charge in [-0.1, -0.05) is 84.4 Å². The van der Waals surface area contributed by atoms with E-state index in [1.165, 1.54) is 11.1 Å². The van der Waals surface area contributed by atoms with Gasteiger partial charge >= 0.3 is 0 Å². The van der Waals surface area contributed by atoms with Crippen molar-refractivity contribution in [3.8, 4) is 0 Å². The average Bonchev–Trinajstić information content (AvgIpc) is 2.79. The number of nitrogens with one attached hydrogen (secondary N) is 1. The lowest BCUT2D eigenvalue weighted by Gasteiger charge is -2.38. The third-order valence-electron chi connectivity index (χ3n) is 6.25. The molecule has 1 aliphatic rings. The van der Waals surface area contributed by atoms with Gasteiger partial charge in [-0.15, -0.1) is 0 Å². The predicted octanol–water partition coefficient (Wildman–Crippen LogP) is 5.26. The molecule has 0 unspecified atom stereocenters. The summed E-state index contributed by atoms with van der Waals surface area (Å²) >= 11 is 0. The molecule has 3 aromatic carbocycles. The molecule has 154 valence electrons. The first-order valence-electron chi connectivity index (χ1n) is 10.7. The maximum absolute atomic E-state index is 13.9. The van der Waals surface area contributed by atoms with Crippen molar-refractivity contribution in [3.05, 3.63) is 107 Å². The molecule has 30 heavy (non-hydrogen) atoms. The molecule has 0 spiro atoms. The van der Waals surface area contributed by atoms with Crippen molar-refractivity contribution in [1.82, 2.24) is 5.32 Å². The normalized spacial score (nSPS) is 16.6. The Morgan fingerprint density at radius 1 is 0.900 bits per heavy atom. The van der Waals surface area contributed by atoms with Gasteiger partial charge in [-0.3, -0.25) is 4.79 Å². The molecule has 1 saturated heterocycles. The minimum absolute atomic E-state index is 0.0748. The maximum atomic E-state index is 13.9. The van der Waals surface area contributed by atoms with Gasteiger partial charge in [0.1, 0.15) is 0 Å². The second-order valence-corrected chi connectivity index (χ2v) is 8.24. The van der Waals surface area contributed by atoms with Crippen LogP contribution in [0, 0.1) is 13.8 Å². The molecule has 0 aliphatic carbocycles. The summed E-state index contributed by atoms with van der Waals surface area (Å²) in [5, 5.41) is 3.42. The van der Waals surface area contributed by atoms with Gasteiger partial charge in [-0.25, -0.2) is 0 Å². The number of amides is 1. The fourth-order valence-electron chi connectivity index (χ4n) is 4.53. The monoisotopic (exact) mass is 399 g/mol. The molecule has 3 heteroatoms. The van der Waals surface area contributed by atoms with Crippen LogP contribution in [0.4, 0.5) is 0 Å². The first-order valence-corrected chi connectivity index (χ1v) is 10.7. The quantitative estimate of drug-likeness (QED) is 0.636. The third-order valence-corrected chi connectivity index (χ3v) is 6.25. The van der Waals surface area contributed by atoms with Gasteiger partial charge in [-0.05, 0) is 48.9 Å². The summed E-state index contributed by atoms with van der Waals surface area (Å²) in [5.41, 5.74) is 5.14. The van der Waals surface area contributed by atoms with Gasteiger partial charge in [0.25, 0.3) is 0 Å². The number of carbonyl (C=O) groups excluding carboxylic acids is 1. The number of ether oxygens (including phenoxy) is 1. The summed E-state index contributed by atoms with van der Waals surface area (Å²) in [6.07, 6.45) is 1.38. The Labute approximate surface area is 179 Å². The van der Waals surface area contributed by atoms with Gasteiger partial charge < -0.3 is 10.1 Å². The van der Waals surface area contributed by atoms with E-state index in [4.69, 9.17) is 4.74 Å². The summed E-state index contributed by atoms with van der Waals surface area (Å²) in [6, 6.07) is 26.6. The lowest BCUT2D eigenvalue weighted by molar-refractivity contribution is -0.131. The highest BCUT2D eigenvalue weighted by Gasteiger charge is 2.42. The summed E-state index contributed by atoms with van der Waals surface area (Å²) in [7, 11) is 0. The molecular weight excluding hydrogens is 370 g/mol. The molecule has 1 heterocycles. The van der Waals surface area contributed by atoms with E-state index in [-0.39, 0.29) is 11.9 Å². The van der Waals surface area contributed by atoms with Crippen molar-refractivity contribution in [2.75, 3.05) is 13.2 Å². The van der Waals surface area contributed by atoms with Crippen molar-refractivity contribution >= 4 is 5.91 Å². The average molecular weight is 400 g/mol. The van der Waals surface area contributed by atoms with Crippen LogP contribution in [0.15, 0.2) is 78.9 Å². The molecule has 0 saturated carbocycles. The molecule has 0 aromatic heterocycles. The fourth-order valence-corrected chi connectivity index (χ4v) is 4.53. The number of rotatable bonds is 5. The van der Waals surface area contributed by atoms with Crippen LogP contribution in [0.5, 0.6) is 0 Å². The zero-order valence-corrected chi connectivity index (χ0v) is 17.7. The minimum Gasteiger partial charge on any atom is -0.381 e. The number of hydrogen-bond donors (Lipinski definition) is 1. The van der Waals surface area contributed by atoms with E-state index in [9.17, 15) is 4.79 Å². The van der Waals surface area contributed by atoms with E-state index in [0.717, 1.165) is 16.7 Å². The molecule has 3 aromatic rings. The van der Waals surface area contributed by atoms with Crippen LogP contribution in [-0.2, 0) is 14.9 Å². The van der Waals surface area contributed by atoms with Crippen LogP contribution in [0.1, 0.15) is 46.7 Å². The zero-order chi connectivity index (χ0) is 21.0. The number of benzene rings is 3. The summed E-state index contributed by atoms with van der Waals surface area (Å²) in [6.45, 7) is 5.41. The predicted molar refractivity (Wildman–Crippen MR) is 121 cm³/mol. The number of carbonyl (C=O) groups is 1. The highest BCUT2D eigenvalue weighted by atomic mass is 16.5. The Morgan fingerprint density at radius 3 is 2.17 bits per heavy atom. The molecule has 3 nitrogen and oxygen atoms in total. The molecule has 1 fully saturated rings. The SMILES string of the molecule is Cc1ccc([C@@H](NC(=O)C2(c3ccccc3)CCOCC2)c2ccccc2)c(C)c1. The van der Waals surface area contributed by atoms with Crippen molar-refractivity contribution in [2.24, 2.45) is 0 Å². The lowest BCUT2D eigenvalue weighted by Crippen LogP contribution is -2.49. The molecule has 0 radical (unpaired) electrons. The highest BCUT2D eigenvalue weighted by molar-refractivity contribution is 5.89. The van der Waals surface area contributed by atoms with Crippen LogP contribution in [0.25, 0.3) is 0 Å². The zero-order valence-electron chi connectivity index (χ0n) is 17.7. The standard InChI is InChI=1S/C27H29NO2/c1-20-13-14-24(21(2)19-20)25(22-9-5-3-6-10-22)28-26(29)27(15-17-30-18-16-27)23-11-7-4-8-12-23/h3-14,19,25H,15-18H2,1-2H3,(H,28,29)/t25-/m0/s1. The smallest absolute Gasteiger partial charge is 0.231 e. The van der Waals surface area contributed by atoms with Crippen LogP contribution >= 0.6 is 0 Å². The van der Waals surface area contributed by atoms with Crippen LogP contribution < -0.4 is 5.32 Å². The molecule has 0 bridgehead atoms. The third kappa shape index (κ3) is 4.03. The van der Waals surface area contributed by atoms with Crippen molar-refractivity contribution in [2.45, 2.75) is 38.1 Å². The highest BCUT2D eigenvalue weighted by Crippen LogP contribution is 2.37. The maximum Gasteiger partial charge on any atom is 0.231 e. The topological polar surface area (TPSA) is 38.3 Å². The number of hydrogen-bond acceptors (Lipinski definition) is 2. The molecule has 1 amide bonds. The second-order valence-electron chi connectivity index (χ2n) is 8.24. The van der Waals surface area contributed by atoms with Crippen molar-refractivity contribution < 1.29 is 9.53 Å². The molecule has 1 atom stereocenters. The Morgan fingerprint density at radius 2 is 1.53 bits per heavy atom. The summed E-state index contributed by atoms with van der Waals surface area (Å²) in [5.74, 6) is 0.0748. The second kappa shape index (κ2) is 8.85. The van der Waals surface area contributed by atoms with Crippen LogP contribution in [0.2, 0.25) is 0 Å². The van der Waals surface area contributed by atoms with E-state index >= 15 is 0 Å². The lowest BCUT2D eigenvalue weighted by atomic mass is 9.73. The van der Waals surface area contributed by atoms with Gasteiger partial charge in [0.05, 0.1) is 11.5 Å². The van der Waals surface area contributed by atoms with Gasteiger partial charge in [-0.2, -0.15) is 0 Å². The molecular formula is C27H29NO2. The largest absolute Gasteiger partial charge is 0.381 e. The van der Waals surface area contributed by atoms with E-state index in [1.807, 2.05) is 36.4 Å². The summed E-state index contributed by atoms with van der Waals surface area (Å²) < 4.78 is 5.62. The van der Waals surface area contributed by atoms with Crippen LogP contribution in [-0.4, -0.2) is 19.1 Å². The van der Waals surface area contributed by atoms with Crippen molar-refractivity contribution in [1.29, 1.82) is 0 Å². The number of aryl methyl sites for hydroxylation is 2. The Bertz CT molecular complexity index is 992. The van der Waals surface area contributed by atoms with E-state index in [0.29, 0.717) is 26.1 Å². The van der Waals surface area contributed by atoms with E-state index < -0.39 is 5.41 Å². The fraction of sp³-hybridized carbons (Fsp3) is 0.296. The Kier molecular flexibility index (Phi) is 6.01. The summed E-state index contributed by atoms with van der Waals surface area (Å²) in [4.78, 5) is 13.9. The van der Waals surface area contributed by atoms with Crippen molar-refractivity contribution in [3.63, 3.8) is 0 Å².